The highest BCUT2D eigenvalue weighted by molar-refractivity contribution is 7.99. The molecule has 8 heteroatoms. The molecule has 1 aliphatic heterocycles. The van der Waals surface area contributed by atoms with E-state index in [2.05, 4.69) is 13.8 Å². The number of amides is 2. The summed E-state index contributed by atoms with van der Waals surface area (Å²) in [6, 6.07) is 12.9. The number of rotatable bonds is 6. The number of hydrogen-bond acceptors (Lipinski definition) is 5. The van der Waals surface area contributed by atoms with E-state index >= 15 is 0 Å². The van der Waals surface area contributed by atoms with Crippen molar-refractivity contribution < 1.29 is 14.5 Å². The lowest BCUT2D eigenvalue weighted by atomic mass is 10.0. The molecule has 3 rings (SSSR count). The Hall–Kier alpha value is -3.13. The van der Waals surface area contributed by atoms with E-state index in [1.54, 1.807) is 28.0 Å². The van der Waals surface area contributed by atoms with E-state index in [1.165, 1.54) is 30.8 Å². The average molecular weight is 454 g/mol. The molecule has 2 amide bonds. The van der Waals surface area contributed by atoms with Crippen LogP contribution in [0.15, 0.2) is 58.3 Å². The summed E-state index contributed by atoms with van der Waals surface area (Å²) in [5.74, 6) is 0.150. The number of benzene rings is 2. The Bertz CT molecular complexity index is 1040. The highest BCUT2D eigenvalue weighted by Gasteiger charge is 2.21. The van der Waals surface area contributed by atoms with Gasteiger partial charge < -0.3 is 9.80 Å². The number of nitrogens with zero attached hydrogens (tertiary/aromatic N) is 3. The van der Waals surface area contributed by atoms with Crippen molar-refractivity contribution in [3.8, 4) is 0 Å². The van der Waals surface area contributed by atoms with Gasteiger partial charge >= 0.3 is 0 Å². The van der Waals surface area contributed by atoms with Crippen LogP contribution in [0.5, 0.6) is 0 Å². The van der Waals surface area contributed by atoms with Crippen LogP contribution >= 0.6 is 11.8 Å². The van der Waals surface area contributed by atoms with Crippen LogP contribution in [0, 0.1) is 10.1 Å². The summed E-state index contributed by atoms with van der Waals surface area (Å²) in [6.45, 7) is 7.71. The van der Waals surface area contributed by atoms with Gasteiger partial charge in [0.05, 0.1) is 9.82 Å². The molecule has 0 spiro atoms. The molecule has 7 nitrogen and oxygen atoms in total. The molecule has 0 aliphatic carbocycles. The molecule has 0 radical (unpaired) electrons. The first kappa shape index (κ1) is 23.5. The van der Waals surface area contributed by atoms with Gasteiger partial charge in [-0.15, -0.1) is 0 Å². The van der Waals surface area contributed by atoms with Crippen LogP contribution < -0.4 is 0 Å². The molecular formula is C24H27N3O4S. The van der Waals surface area contributed by atoms with Gasteiger partial charge in [0.25, 0.3) is 5.69 Å². The van der Waals surface area contributed by atoms with E-state index < -0.39 is 0 Å². The summed E-state index contributed by atoms with van der Waals surface area (Å²) in [7, 11) is 0. The number of nitro benzene ring substituents is 1. The number of carbonyl (C=O) groups excluding carboxylic acids is 2. The van der Waals surface area contributed by atoms with E-state index in [0.29, 0.717) is 42.6 Å². The van der Waals surface area contributed by atoms with Crippen molar-refractivity contribution in [1.29, 1.82) is 0 Å². The van der Waals surface area contributed by atoms with Crippen LogP contribution in [0.3, 0.4) is 0 Å². The van der Waals surface area contributed by atoms with Crippen molar-refractivity contribution in [3.63, 3.8) is 0 Å². The minimum Gasteiger partial charge on any atom is -0.339 e. The van der Waals surface area contributed by atoms with Crippen molar-refractivity contribution >= 4 is 35.3 Å². The molecule has 0 N–H and O–H groups in total. The van der Waals surface area contributed by atoms with E-state index in [-0.39, 0.29) is 22.4 Å². The zero-order valence-electron chi connectivity index (χ0n) is 18.5. The second-order valence-electron chi connectivity index (χ2n) is 7.94. The molecule has 0 saturated carbocycles. The standard InChI is InChI=1S/C24H27N3O4S/c1-17(2)20-6-4-5-7-22(20)32-23-10-8-19(16-21(23)27(30)31)9-11-24(29)26-14-12-25(13-15-26)18(3)28/h4-11,16-17H,12-15H2,1-3H3. The molecule has 0 atom stereocenters. The van der Waals surface area contributed by atoms with Gasteiger partial charge in [-0.2, -0.15) is 0 Å². The molecule has 1 fully saturated rings. The number of nitro groups is 1. The van der Waals surface area contributed by atoms with E-state index in [4.69, 9.17) is 0 Å². The van der Waals surface area contributed by atoms with Gasteiger partial charge in [0.2, 0.25) is 11.8 Å². The summed E-state index contributed by atoms with van der Waals surface area (Å²) in [5.41, 5.74) is 1.75. The van der Waals surface area contributed by atoms with Crippen LogP contribution in [0.4, 0.5) is 5.69 Å². The van der Waals surface area contributed by atoms with Gasteiger partial charge in [-0.3, -0.25) is 19.7 Å². The van der Waals surface area contributed by atoms with Crippen molar-refractivity contribution in [2.45, 2.75) is 36.5 Å². The monoisotopic (exact) mass is 453 g/mol. The lowest BCUT2D eigenvalue weighted by Crippen LogP contribution is -2.49. The predicted octanol–water partition coefficient (Wildman–Crippen LogP) is 4.57. The average Bonchev–Trinajstić information content (AvgIpc) is 2.78. The highest BCUT2D eigenvalue weighted by Crippen LogP contribution is 2.39. The van der Waals surface area contributed by atoms with Gasteiger partial charge in [-0.05, 0) is 35.3 Å². The largest absolute Gasteiger partial charge is 0.339 e. The second kappa shape index (κ2) is 10.5. The molecule has 1 aliphatic rings. The van der Waals surface area contributed by atoms with E-state index in [0.717, 1.165) is 10.5 Å². The Morgan fingerprint density at radius 3 is 2.31 bits per heavy atom. The molecule has 32 heavy (non-hydrogen) atoms. The number of carbonyl (C=O) groups is 2. The van der Waals surface area contributed by atoms with Crippen molar-refractivity contribution in [2.24, 2.45) is 0 Å². The first-order valence-corrected chi connectivity index (χ1v) is 11.4. The summed E-state index contributed by atoms with van der Waals surface area (Å²) in [4.78, 5) is 40.2. The summed E-state index contributed by atoms with van der Waals surface area (Å²) >= 11 is 1.38. The van der Waals surface area contributed by atoms with Crippen molar-refractivity contribution in [3.05, 3.63) is 69.8 Å². The van der Waals surface area contributed by atoms with Gasteiger partial charge in [-0.1, -0.05) is 49.9 Å². The fourth-order valence-electron chi connectivity index (χ4n) is 3.55. The van der Waals surface area contributed by atoms with E-state index in [1.807, 2.05) is 24.3 Å². The van der Waals surface area contributed by atoms with Gasteiger partial charge in [-0.25, -0.2) is 0 Å². The lowest BCUT2D eigenvalue weighted by Gasteiger charge is -2.33. The van der Waals surface area contributed by atoms with Crippen LogP contribution in [0.2, 0.25) is 0 Å². The fraction of sp³-hybridized carbons (Fsp3) is 0.333. The zero-order valence-corrected chi connectivity index (χ0v) is 19.3. The molecule has 168 valence electrons. The van der Waals surface area contributed by atoms with Crippen LogP contribution in [0.1, 0.15) is 37.8 Å². The minimum atomic E-state index is -0.388. The molecule has 1 heterocycles. The minimum absolute atomic E-state index is 0.00827. The Balaban J connectivity index is 1.74. The van der Waals surface area contributed by atoms with Crippen LogP contribution in [-0.2, 0) is 9.59 Å². The Morgan fingerprint density at radius 1 is 1.03 bits per heavy atom. The highest BCUT2D eigenvalue weighted by atomic mass is 32.2. The molecule has 2 aromatic rings. The molecule has 0 aromatic heterocycles. The van der Waals surface area contributed by atoms with Gasteiger partial charge in [0.1, 0.15) is 0 Å². The first-order chi connectivity index (χ1) is 15.3. The van der Waals surface area contributed by atoms with Crippen LogP contribution in [-0.4, -0.2) is 52.7 Å². The van der Waals surface area contributed by atoms with Gasteiger partial charge in [0.15, 0.2) is 0 Å². The maximum Gasteiger partial charge on any atom is 0.283 e. The summed E-state index contributed by atoms with van der Waals surface area (Å²) in [6.07, 6.45) is 3.03. The Morgan fingerprint density at radius 2 is 1.69 bits per heavy atom. The molecule has 0 bridgehead atoms. The first-order valence-electron chi connectivity index (χ1n) is 10.5. The molecule has 1 saturated heterocycles. The quantitative estimate of drug-likeness (QED) is 0.363. The third-order valence-electron chi connectivity index (χ3n) is 5.40. The number of piperazine rings is 1. The van der Waals surface area contributed by atoms with Crippen molar-refractivity contribution in [2.75, 3.05) is 26.2 Å². The van der Waals surface area contributed by atoms with Crippen LogP contribution in [0.25, 0.3) is 6.08 Å². The summed E-state index contributed by atoms with van der Waals surface area (Å²) < 4.78 is 0. The lowest BCUT2D eigenvalue weighted by molar-refractivity contribution is -0.387. The maximum absolute atomic E-state index is 12.5. The third-order valence-corrected chi connectivity index (χ3v) is 6.55. The normalized spacial score (nSPS) is 14.2. The Labute approximate surface area is 192 Å². The maximum atomic E-state index is 12.5. The molecular weight excluding hydrogens is 426 g/mol. The smallest absolute Gasteiger partial charge is 0.283 e. The number of hydrogen-bond donors (Lipinski definition) is 0. The van der Waals surface area contributed by atoms with Crippen molar-refractivity contribution in [1.82, 2.24) is 9.80 Å². The zero-order chi connectivity index (χ0) is 23.3. The molecule has 2 aromatic carbocycles. The van der Waals surface area contributed by atoms with E-state index in [9.17, 15) is 19.7 Å². The van der Waals surface area contributed by atoms with Gasteiger partial charge in [0, 0.05) is 50.1 Å². The SMILES string of the molecule is CC(=O)N1CCN(C(=O)C=Cc2ccc(Sc3ccccc3C(C)C)c([N+](=O)[O-])c2)CC1. The fourth-order valence-corrected chi connectivity index (χ4v) is 4.73. The third kappa shape index (κ3) is 5.76. The Kier molecular flexibility index (Phi) is 7.69. The summed E-state index contributed by atoms with van der Waals surface area (Å²) in [5, 5.41) is 11.7. The second-order valence-corrected chi connectivity index (χ2v) is 9.03. The predicted molar refractivity (Wildman–Crippen MR) is 126 cm³/mol. The topological polar surface area (TPSA) is 83.8 Å². The molecule has 0 unspecified atom stereocenters.